The molecule has 2 aromatic carbocycles. The summed E-state index contributed by atoms with van der Waals surface area (Å²) in [5.74, 6) is -0.512. The molecule has 0 saturated carbocycles. The summed E-state index contributed by atoms with van der Waals surface area (Å²) in [5, 5.41) is 3.53. The van der Waals surface area contributed by atoms with E-state index in [0.29, 0.717) is 36.5 Å². The van der Waals surface area contributed by atoms with Gasteiger partial charge in [-0.2, -0.15) is 8.42 Å². The molecular weight excluding hydrogens is 415 g/mol. The zero-order valence-electron chi connectivity index (χ0n) is 16.3. The standard InChI is InChI=1S/C20H24ClFN4O2S/c1-14-12-24(13-15(2)23-14)9-10-25-19-5-3-4-6-20(19)26(29(25,27)28)18-8-7-16(22)11-17(18)21/h3-8,11,14-15,23H,9-10,12-13H2,1-2H3. The summed E-state index contributed by atoms with van der Waals surface area (Å²) in [6.45, 7) is 6.94. The molecule has 2 atom stereocenters. The number of halogens is 2. The van der Waals surface area contributed by atoms with Crippen molar-refractivity contribution in [3.05, 3.63) is 53.3 Å². The smallest absolute Gasteiger partial charge is 0.309 e. The highest BCUT2D eigenvalue weighted by Crippen LogP contribution is 2.47. The van der Waals surface area contributed by atoms with Crippen molar-refractivity contribution in [1.82, 2.24) is 10.2 Å². The summed E-state index contributed by atoms with van der Waals surface area (Å²) < 4.78 is 43.0. The van der Waals surface area contributed by atoms with E-state index in [0.717, 1.165) is 19.2 Å². The Hall–Kier alpha value is -1.87. The molecule has 0 spiro atoms. The number of rotatable bonds is 4. The van der Waals surface area contributed by atoms with Gasteiger partial charge in [-0.25, -0.2) is 13.0 Å². The molecule has 0 aromatic heterocycles. The van der Waals surface area contributed by atoms with Crippen LogP contribution in [0.1, 0.15) is 13.8 Å². The molecule has 156 valence electrons. The number of nitrogens with zero attached hydrogens (tertiary/aromatic N) is 3. The summed E-state index contributed by atoms with van der Waals surface area (Å²) in [4.78, 5) is 2.28. The van der Waals surface area contributed by atoms with E-state index < -0.39 is 16.0 Å². The molecule has 1 N–H and O–H groups in total. The van der Waals surface area contributed by atoms with Gasteiger partial charge in [-0.05, 0) is 44.2 Å². The van der Waals surface area contributed by atoms with Crippen LogP contribution in [0.5, 0.6) is 0 Å². The van der Waals surface area contributed by atoms with Crippen molar-refractivity contribution in [2.45, 2.75) is 25.9 Å². The molecule has 2 aromatic rings. The van der Waals surface area contributed by atoms with Crippen LogP contribution in [0.2, 0.25) is 5.02 Å². The minimum atomic E-state index is -3.89. The first-order valence-corrected chi connectivity index (χ1v) is 11.4. The van der Waals surface area contributed by atoms with Crippen LogP contribution < -0.4 is 13.9 Å². The van der Waals surface area contributed by atoms with Crippen LogP contribution in [0.4, 0.5) is 21.5 Å². The Bertz CT molecular complexity index is 1010. The molecule has 2 unspecified atom stereocenters. The quantitative estimate of drug-likeness (QED) is 0.795. The van der Waals surface area contributed by atoms with Gasteiger partial charge in [0.05, 0.1) is 22.1 Å². The van der Waals surface area contributed by atoms with E-state index in [4.69, 9.17) is 11.6 Å². The number of fused-ring (bicyclic) bond motifs is 1. The number of hydrogen-bond acceptors (Lipinski definition) is 4. The number of anilines is 3. The van der Waals surface area contributed by atoms with E-state index in [-0.39, 0.29) is 10.7 Å². The maximum atomic E-state index is 13.5. The third-order valence-corrected chi connectivity index (χ3v) is 7.35. The molecular formula is C20H24ClFN4O2S. The number of nitrogens with one attached hydrogen (secondary N) is 1. The van der Waals surface area contributed by atoms with Gasteiger partial charge in [0.25, 0.3) is 0 Å². The molecule has 1 fully saturated rings. The van der Waals surface area contributed by atoms with E-state index in [9.17, 15) is 12.8 Å². The van der Waals surface area contributed by atoms with Crippen LogP contribution in [0.3, 0.4) is 0 Å². The third kappa shape index (κ3) is 3.82. The van der Waals surface area contributed by atoms with E-state index >= 15 is 0 Å². The molecule has 2 heterocycles. The maximum Gasteiger partial charge on any atom is 0.331 e. The lowest BCUT2D eigenvalue weighted by Crippen LogP contribution is -2.55. The van der Waals surface area contributed by atoms with Crippen LogP contribution in [0.25, 0.3) is 0 Å². The zero-order chi connectivity index (χ0) is 20.8. The van der Waals surface area contributed by atoms with Gasteiger partial charge < -0.3 is 5.32 Å². The van der Waals surface area contributed by atoms with Gasteiger partial charge in [0.1, 0.15) is 5.82 Å². The van der Waals surface area contributed by atoms with Crippen LogP contribution in [-0.2, 0) is 10.2 Å². The molecule has 1 saturated heterocycles. The van der Waals surface area contributed by atoms with Gasteiger partial charge in [0, 0.05) is 38.3 Å². The van der Waals surface area contributed by atoms with Crippen molar-refractivity contribution in [1.29, 1.82) is 0 Å². The molecule has 2 aliphatic heterocycles. The minimum Gasteiger partial charge on any atom is -0.309 e. The van der Waals surface area contributed by atoms with E-state index in [1.54, 1.807) is 18.2 Å². The van der Waals surface area contributed by atoms with Gasteiger partial charge in [-0.1, -0.05) is 23.7 Å². The predicted octanol–water partition coefficient (Wildman–Crippen LogP) is 3.36. The number of para-hydroxylation sites is 2. The first kappa shape index (κ1) is 20.4. The maximum absolute atomic E-state index is 13.5. The number of piperazine rings is 1. The lowest BCUT2D eigenvalue weighted by Gasteiger charge is -2.36. The van der Waals surface area contributed by atoms with Gasteiger partial charge >= 0.3 is 10.2 Å². The first-order chi connectivity index (χ1) is 13.8. The highest BCUT2D eigenvalue weighted by atomic mass is 35.5. The first-order valence-electron chi connectivity index (χ1n) is 9.63. The molecule has 6 nitrogen and oxygen atoms in total. The molecule has 0 amide bonds. The SMILES string of the molecule is CC1CN(CCN2c3ccccc3N(c3ccc(F)cc3Cl)S2(=O)=O)CC(C)N1. The lowest BCUT2D eigenvalue weighted by atomic mass is 10.1. The summed E-state index contributed by atoms with van der Waals surface area (Å²) in [6.07, 6.45) is 0. The Morgan fingerprint density at radius 3 is 2.34 bits per heavy atom. The Kier molecular flexibility index (Phi) is 5.46. The highest BCUT2D eigenvalue weighted by molar-refractivity contribution is 7.95. The van der Waals surface area contributed by atoms with Gasteiger partial charge in [-0.15, -0.1) is 0 Å². The van der Waals surface area contributed by atoms with Crippen molar-refractivity contribution in [3.8, 4) is 0 Å². The predicted molar refractivity (Wildman–Crippen MR) is 115 cm³/mol. The fraction of sp³-hybridized carbons (Fsp3) is 0.400. The Labute approximate surface area is 176 Å². The summed E-state index contributed by atoms with van der Waals surface area (Å²) >= 11 is 6.20. The van der Waals surface area contributed by atoms with Crippen LogP contribution >= 0.6 is 11.6 Å². The Balaban J connectivity index is 1.65. The van der Waals surface area contributed by atoms with Crippen LogP contribution in [0.15, 0.2) is 42.5 Å². The van der Waals surface area contributed by atoms with E-state index in [1.807, 2.05) is 6.07 Å². The van der Waals surface area contributed by atoms with Crippen molar-refractivity contribution >= 4 is 38.9 Å². The summed E-state index contributed by atoms with van der Waals surface area (Å²) in [6, 6.07) is 11.6. The fourth-order valence-electron chi connectivity index (χ4n) is 4.18. The van der Waals surface area contributed by atoms with E-state index in [1.165, 1.54) is 20.7 Å². The van der Waals surface area contributed by atoms with E-state index in [2.05, 4.69) is 24.1 Å². The second kappa shape index (κ2) is 7.75. The molecule has 29 heavy (non-hydrogen) atoms. The largest absolute Gasteiger partial charge is 0.331 e. The van der Waals surface area contributed by atoms with Gasteiger partial charge in [0.2, 0.25) is 0 Å². The normalized spacial score (nSPS) is 24.0. The molecule has 9 heteroatoms. The zero-order valence-corrected chi connectivity index (χ0v) is 17.9. The highest BCUT2D eigenvalue weighted by Gasteiger charge is 2.42. The Morgan fingerprint density at radius 2 is 1.69 bits per heavy atom. The third-order valence-electron chi connectivity index (χ3n) is 5.26. The van der Waals surface area contributed by atoms with Gasteiger partial charge in [-0.3, -0.25) is 4.90 Å². The van der Waals surface area contributed by atoms with Crippen molar-refractivity contribution in [2.24, 2.45) is 0 Å². The van der Waals surface area contributed by atoms with Gasteiger partial charge in [0.15, 0.2) is 0 Å². The average Bonchev–Trinajstić information content (AvgIpc) is 2.86. The minimum absolute atomic E-state index is 0.0509. The monoisotopic (exact) mass is 438 g/mol. The topological polar surface area (TPSA) is 55.9 Å². The number of benzene rings is 2. The molecule has 0 aliphatic carbocycles. The fourth-order valence-corrected chi connectivity index (χ4v) is 6.21. The lowest BCUT2D eigenvalue weighted by molar-refractivity contribution is 0.178. The van der Waals surface area contributed by atoms with Crippen LogP contribution in [0, 0.1) is 5.82 Å². The van der Waals surface area contributed by atoms with Crippen LogP contribution in [-0.4, -0.2) is 51.6 Å². The molecule has 0 radical (unpaired) electrons. The second-order valence-electron chi connectivity index (χ2n) is 7.66. The molecule has 2 aliphatic rings. The average molecular weight is 439 g/mol. The summed E-state index contributed by atoms with van der Waals surface area (Å²) in [5.41, 5.74) is 1.36. The van der Waals surface area contributed by atoms with Crippen molar-refractivity contribution in [3.63, 3.8) is 0 Å². The van der Waals surface area contributed by atoms with Crippen molar-refractivity contribution < 1.29 is 12.8 Å². The second-order valence-corrected chi connectivity index (χ2v) is 9.77. The Morgan fingerprint density at radius 1 is 1.03 bits per heavy atom. The summed E-state index contributed by atoms with van der Waals surface area (Å²) in [7, 11) is -3.89. The van der Waals surface area contributed by atoms with Crippen molar-refractivity contribution in [2.75, 3.05) is 34.8 Å². The molecule has 4 rings (SSSR count). The molecule has 0 bridgehead atoms. The number of hydrogen-bond donors (Lipinski definition) is 1.